The molecule has 0 bridgehead atoms. The van der Waals surface area contributed by atoms with Crippen molar-refractivity contribution in [2.75, 3.05) is 26.2 Å². The molecule has 3 aliphatic heterocycles. The minimum Gasteiger partial charge on any atom is -0.364 e. The number of amides is 1. The summed E-state index contributed by atoms with van der Waals surface area (Å²) in [7, 11) is 0. The Labute approximate surface area is 137 Å². The van der Waals surface area contributed by atoms with E-state index in [4.69, 9.17) is 10.3 Å². The topological polar surface area (TPSA) is 75.6 Å². The zero-order valence-electron chi connectivity index (χ0n) is 13.7. The van der Waals surface area contributed by atoms with Gasteiger partial charge in [-0.3, -0.25) is 9.69 Å². The first-order valence-corrected chi connectivity index (χ1v) is 8.96. The number of fused-ring (bicyclic) bond motifs is 2. The number of nitrogens with zero attached hydrogens (tertiary/aromatic N) is 3. The Morgan fingerprint density at radius 1 is 1.22 bits per heavy atom. The van der Waals surface area contributed by atoms with E-state index in [1.54, 1.807) is 0 Å². The van der Waals surface area contributed by atoms with Crippen LogP contribution in [0.2, 0.25) is 0 Å². The van der Waals surface area contributed by atoms with Crippen LogP contribution in [0, 0.1) is 5.92 Å². The molecule has 2 atom stereocenters. The van der Waals surface area contributed by atoms with Crippen molar-refractivity contribution < 1.29 is 9.32 Å². The highest BCUT2D eigenvalue weighted by Gasteiger charge is 2.35. The maximum absolute atomic E-state index is 11.5. The van der Waals surface area contributed by atoms with Gasteiger partial charge in [0.1, 0.15) is 5.76 Å². The van der Waals surface area contributed by atoms with Crippen molar-refractivity contribution in [1.29, 1.82) is 0 Å². The fraction of sp³-hybridized carbons (Fsp3) is 0.765. The second-order valence-electron chi connectivity index (χ2n) is 7.28. The minimum atomic E-state index is -0.479. The molecule has 2 N–H and O–H groups in total. The first kappa shape index (κ1) is 15.1. The second kappa shape index (κ2) is 6.24. The molecule has 3 aliphatic rings. The molecule has 1 amide bonds. The fourth-order valence-electron chi connectivity index (χ4n) is 4.74. The van der Waals surface area contributed by atoms with Gasteiger partial charge in [0.2, 0.25) is 0 Å². The van der Waals surface area contributed by atoms with Crippen molar-refractivity contribution >= 4 is 5.91 Å². The van der Waals surface area contributed by atoms with Crippen LogP contribution in [0.1, 0.15) is 53.9 Å². The second-order valence-corrected chi connectivity index (χ2v) is 7.28. The van der Waals surface area contributed by atoms with Gasteiger partial charge in [-0.15, -0.1) is 0 Å². The van der Waals surface area contributed by atoms with Gasteiger partial charge < -0.3 is 15.2 Å². The smallest absolute Gasteiger partial charge is 0.271 e. The molecule has 4 rings (SSSR count). The summed E-state index contributed by atoms with van der Waals surface area (Å²) in [5.41, 5.74) is 6.66. The van der Waals surface area contributed by atoms with Crippen LogP contribution in [0.4, 0.5) is 0 Å². The van der Waals surface area contributed by atoms with Gasteiger partial charge in [-0.1, -0.05) is 11.6 Å². The number of hydrogen-bond acceptors (Lipinski definition) is 5. The molecule has 1 aromatic rings. The van der Waals surface area contributed by atoms with Gasteiger partial charge in [0, 0.05) is 37.7 Å². The minimum absolute atomic E-state index is 0.327. The number of carbonyl (C=O) groups excluding carboxylic acids is 1. The van der Waals surface area contributed by atoms with Crippen molar-refractivity contribution in [3.05, 3.63) is 17.0 Å². The highest BCUT2D eigenvalue weighted by molar-refractivity contribution is 5.92. The Balaban J connectivity index is 1.45. The zero-order chi connectivity index (χ0) is 15.8. The Kier molecular flexibility index (Phi) is 4.11. The summed E-state index contributed by atoms with van der Waals surface area (Å²) in [4.78, 5) is 16.7. The van der Waals surface area contributed by atoms with Crippen LogP contribution in [0.3, 0.4) is 0 Å². The zero-order valence-corrected chi connectivity index (χ0v) is 13.7. The molecule has 2 fully saturated rings. The molecule has 4 heterocycles. The lowest BCUT2D eigenvalue weighted by Gasteiger charge is -2.46. The molecule has 0 aliphatic carbocycles. The third kappa shape index (κ3) is 2.90. The fourth-order valence-corrected chi connectivity index (χ4v) is 4.74. The molecule has 0 saturated carbocycles. The summed E-state index contributed by atoms with van der Waals surface area (Å²) in [6, 6.07) is 0.761. The van der Waals surface area contributed by atoms with E-state index in [0.29, 0.717) is 5.69 Å². The van der Waals surface area contributed by atoms with Crippen LogP contribution >= 0.6 is 0 Å². The van der Waals surface area contributed by atoms with Gasteiger partial charge in [0.25, 0.3) is 5.91 Å². The van der Waals surface area contributed by atoms with E-state index in [1.165, 1.54) is 45.2 Å². The monoisotopic (exact) mass is 318 g/mol. The van der Waals surface area contributed by atoms with Crippen LogP contribution < -0.4 is 5.73 Å². The van der Waals surface area contributed by atoms with Crippen LogP contribution in [0.5, 0.6) is 0 Å². The molecular weight excluding hydrogens is 292 g/mol. The molecule has 126 valence electrons. The standard InChI is InChI=1S/C17H26N4O2/c18-17(22)16-13-11-20(9-6-15(13)23-19-16)10-12-4-3-8-21-7-2-1-5-14(12)21/h12,14H,1-11H2,(H2,18,22)/t12-,14+/m0/s1. The third-order valence-electron chi connectivity index (χ3n) is 5.86. The van der Waals surface area contributed by atoms with E-state index < -0.39 is 5.91 Å². The highest BCUT2D eigenvalue weighted by Crippen LogP contribution is 2.32. The SMILES string of the molecule is NC(=O)c1noc2c1CN(C[C@@H]1CCCN3CCCC[C@H]13)CC2. The highest BCUT2D eigenvalue weighted by atomic mass is 16.5. The molecular formula is C17H26N4O2. The Hall–Kier alpha value is -1.40. The third-order valence-corrected chi connectivity index (χ3v) is 5.86. The van der Waals surface area contributed by atoms with E-state index in [0.717, 1.165) is 49.3 Å². The summed E-state index contributed by atoms with van der Waals surface area (Å²) in [5.74, 6) is 1.12. The lowest BCUT2D eigenvalue weighted by molar-refractivity contribution is 0.0374. The first-order chi connectivity index (χ1) is 11.2. The molecule has 6 heteroatoms. The molecule has 2 saturated heterocycles. The van der Waals surface area contributed by atoms with Crippen molar-refractivity contribution in [1.82, 2.24) is 15.0 Å². The molecule has 23 heavy (non-hydrogen) atoms. The molecule has 0 unspecified atom stereocenters. The molecule has 1 aromatic heterocycles. The first-order valence-electron chi connectivity index (χ1n) is 8.96. The van der Waals surface area contributed by atoms with Crippen LogP contribution in [-0.4, -0.2) is 53.1 Å². The van der Waals surface area contributed by atoms with Gasteiger partial charge in [0.05, 0.1) is 0 Å². The van der Waals surface area contributed by atoms with Gasteiger partial charge >= 0.3 is 0 Å². The van der Waals surface area contributed by atoms with Gasteiger partial charge in [0.15, 0.2) is 5.69 Å². The largest absolute Gasteiger partial charge is 0.364 e. The van der Waals surface area contributed by atoms with E-state index in [1.807, 2.05) is 0 Å². The van der Waals surface area contributed by atoms with E-state index in [9.17, 15) is 4.79 Å². The normalized spacial score (nSPS) is 29.0. The van der Waals surface area contributed by atoms with Crippen LogP contribution in [0.15, 0.2) is 4.52 Å². The Bertz CT molecular complexity index is 583. The number of carbonyl (C=O) groups is 1. The quantitative estimate of drug-likeness (QED) is 0.911. The number of primary amides is 1. The Morgan fingerprint density at radius 2 is 2.09 bits per heavy atom. The number of piperidine rings is 2. The average Bonchev–Trinajstić information content (AvgIpc) is 2.99. The summed E-state index contributed by atoms with van der Waals surface area (Å²) >= 11 is 0. The number of hydrogen-bond donors (Lipinski definition) is 1. The molecule has 0 spiro atoms. The van der Waals surface area contributed by atoms with Crippen molar-refractivity contribution in [3.63, 3.8) is 0 Å². The summed E-state index contributed by atoms with van der Waals surface area (Å²) < 4.78 is 5.29. The maximum atomic E-state index is 11.5. The number of nitrogens with two attached hydrogens (primary N) is 1. The lowest BCUT2D eigenvalue weighted by atomic mass is 9.83. The summed E-state index contributed by atoms with van der Waals surface area (Å²) in [6.07, 6.45) is 7.56. The molecule has 0 aromatic carbocycles. The van der Waals surface area contributed by atoms with Crippen molar-refractivity contribution in [2.45, 2.75) is 51.1 Å². The predicted octanol–water partition coefficient (Wildman–Crippen LogP) is 1.40. The number of rotatable bonds is 3. The van der Waals surface area contributed by atoms with Gasteiger partial charge in [-0.2, -0.15) is 0 Å². The summed E-state index contributed by atoms with van der Waals surface area (Å²) in [5, 5.41) is 3.86. The average molecular weight is 318 g/mol. The van der Waals surface area contributed by atoms with Crippen LogP contribution in [0.25, 0.3) is 0 Å². The molecule has 0 radical (unpaired) electrons. The van der Waals surface area contributed by atoms with E-state index >= 15 is 0 Å². The predicted molar refractivity (Wildman–Crippen MR) is 85.9 cm³/mol. The van der Waals surface area contributed by atoms with Crippen molar-refractivity contribution in [3.8, 4) is 0 Å². The molecule has 6 nitrogen and oxygen atoms in total. The van der Waals surface area contributed by atoms with Crippen molar-refractivity contribution in [2.24, 2.45) is 11.7 Å². The van der Waals surface area contributed by atoms with E-state index in [-0.39, 0.29) is 0 Å². The van der Waals surface area contributed by atoms with Gasteiger partial charge in [-0.05, 0) is 44.7 Å². The Morgan fingerprint density at radius 3 is 2.96 bits per heavy atom. The van der Waals surface area contributed by atoms with Crippen LogP contribution in [-0.2, 0) is 13.0 Å². The summed E-state index contributed by atoms with van der Waals surface area (Å²) in [6.45, 7) is 5.42. The van der Waals surface area contributed by atoms with E-state index in [2.05, 4.69) is 15.0 Å². The van der Waals surface area contributed by atoms with Gasteiger partial charge in [-0.25, -0.2) is 0 Å². The lowest BCUT2D eigenvalue weighted by Crippen LogP contribution is -2.51. The maximum Gasteiger partial charge on any atom is 0.271 e. The number of aromatic nitrogens is 1.